The molecule has 0 spiro atoms. The van der Waals surface area contributed by atoms with E-state index in [0.717, 1.165) is 24.9 Å². The first kappa shape index (κ1) is 16.1. The van der Waals surface area contributed by atoms with Gasteiger partial charge in [-0.15, -0.1) is 0 Å². The Hall–Kier alpha value is -1.80. The molecule has 1 aliphatic rings. The first-order valence-electron chi connectivity index (χ1n) is 7.32. The molecule has 1 atom stereocenters. The lowest BCUT2D eigenvalue weighted by atomic mass is 9.98. The third kappa shape index (κ3) is 3.28. The number of halogens is 2. The van der Waals surface area contributed by atoms with Crippen LogP contribution in [0, 0.1) is 24.5 Å². The van der Waals surface area contributed by atoms with Gasteiger partial charge >= 0.3 is 0 Å². The Kier molecular flexibility index (Phi) is 4.20. The maximum Gasteiger partial charge on any atom is 0.243 e. The average molecular weight is 341 g/mol. The topological polar surface area (TPSA) is 64.0 Å². The van der Waals surface area contributed by atoms with Crippen molar-refractivity contribution in [1.29, 1.82) is 0 Å². The van der Waals surface area contributed by atoms with Crippen LogP contribution < -0.4 is 4.72 Å². The molecule has 5 nitrogen and oxygen atoms in total. The standard InChI is InChI=1S/C15H17F2N3O2S/c1-10-6-14(13(17)8-12(10)16)23(21,22)19-9-11-2-4-20-5-3-18-15(20)7-11/h3,5-6,8,11,19H,2,4,7,9H2,1H3. The van der Waals surface area contributed by atoms with Crippen molar-refractivity contribution in [2.75, 3.05) is 6.54 Å². The summed E-state index contributed by atoms with van der Waals surface area (Å²) in [6.07, 6.45) is 5.10. The largest absolute Gasteiger partial charge is 0.335 e. The minimum absolute atomic E-state index is 0.0893. The first-order valence-corrected chi connectivity index (χ1v) is 8.80. The SMILES string of the molecule is Cc1cc(S(=O)(=O)NCC2CCn3ccnc3C2)c(F)cc1F. The number of imidazole rings is 1. The van der Waals surface area contributed by atoms with E-state index < -0.39 is 26.6 Å². The number of hydrogen-bond acceptors (Lipinski definition) is 3. The van der Waals surface area contributed by atoms with Gasteiger partial charge in [0.05, 0.1) is 0 Å². The predicted molar refractivity (Wildman–Crippen MR) is 80.3 cm³/mol. The van der Waals surface area contributed by atoms with Gasteiger partial charge in [0.1, 0.15) is 22.4 Å². The van der Waals surface area contributed by atoms with Gasteiger partial charge in [-0.3, -0.25) is 0 Å². The van der Waals surface area contributed by atoms with Crippen LogP contribution in [0.5, 0.6) is 0 Å². The Morgan fingerprint density at radius 2 is 2.13 bits per heavy atom. The van der Waals surface area contributed by atoms with E-state index in [1.54, 1.807) is 6.20 Å². The highest BCUT2D eigenvalue weighted by Gasteiger charge is 2.24. The number of aromatic nitrogens is 2. The Morgan fingerprint density at radius 3 is 2.91 bits per heavy atom. The van der Waals surface area contributed by atoms with E-state index in [9.17, 15) is 17.2 Å². The molecule has 0 saturated heterocycles. The quantitative estimate of drug-likeness (QED) is 0.925. The van der Waals surface area contributed by atoms with E-state index in [1.807, 2.05) is 10.8 Å². The molecule has 23 heavy (non-hydrogen) atoms. The summed E-state index contributed by atoms with van der Waals surface area (Å²) in [5, 5.41) is 0. The highest BCUT2D eigenvalue weighted by Crippen LogP contribution is 2.21. The molecular formula is C15H17F2N3O2S. The molecule has 1 aromatic heterocycles. The molecule has 2 heterocycles. The lowest BCUT2D eigenvalue weighted by molar-refractivity contribution is 0.379. The molecule has 3 rings (SSSR count). The molecule has 0 amide bonds. The Balaban J connectivity index is 1.72. The molecule has 0 saturated carbocycles. The molecular weight excluding hydrogens is 324 g/mol. The number of nitrogens with zero attached hydrogens (tertiary/aromatic N) is 2. The van der Waals surface area contributed by atoms with Gasteiger partial charge in [-0.25, -0.2) is 26.9 Å². The van der Waals surface area contributed by atoms with Crippen LogP contribution in [0.1, 0.15) is 17.8 Å². The molecule has 0 aliphatic carbocycles. The fourth-order valence-corrected chi connectivity index (χ4v) is 3.99. The summed E-state index contributed by atoms with van der Waals surface area (Å²) < 4.78 is 56.0. The smallest absolute Gasteiger partial charge is 0.243 e. The van der Waals surface area contributed by atoms with Crippen LogP contribution in [0.4, 0.5) is 8.78 Å². The normalized spacial score (nSPS) is 18.0. The third-order valence-electron chi connectivity index (χ3n) is 4.12. The fourth-order valence-electron chi connectivity index (χ4n) is 2.73. The van der Waals surface area contributed by atoms with Crippen molar-refractivity contribution in [1.82, 2.24) is 14.3 Å². The zero-order valence-corrected chi connectivity index (χ0v) is 13.4. The second-order valence-corrected chi connectivity index (χ2v) is 7.51. The van der Waals surface area contributed by atoms with E-state index >= 15 is 0 Å². The summed E-state index contributed by atoms with van der Waals surface area (Å²) in [6.45, 7) is 2.38. The van der Waals surface area contributed by atoms with Crippen molar-refractivity contribution in [2.45, 2.75) is 31.2 Å². The molecule has 124 valence electrons. The first-order chi connectivity index (χ1) is 10.9. The summed E-state index contributed by atoms with van der Waals surface area (Å²) in [6, 6.07) is 1.61. The monoisotopic (exact) mass is 341 g/mol. The summed E-state index contributed by atoms with van der Waals surface area (Å²) in [5.41, 5.74) is 0.0893. The number of hydrogen-bond donors (Lipinski definition) is 1. The van der Waals surface area contributed by atoms with Gasteiger partial charge in [0, 0.05) is 38.0 Å². The zero-order chi connectivity index (χ0) is 16.6. The van der Waals surface area contributed by atoms with E-state index in [1.165, 1.54) is 6.92 Å². The summed E-state index contributed by atoms with van der Waals surface area (Å²) >= 11 is 0. The number of benzene rings is 1. The maximum absolute atomic E-state index is 13.8. The number of sulfonamides is 1. The van der Waals surface area contributed by atoms with Crippen molar-refractivity contribution < 1.29 is 17.2 Å². The minimum atomic E-state index is -4.01. The molecule has 1 aliphatic heterocycles. The zero-order valence-electron chi connectivity index (χ0n) is 12.6. The van der Waals surface area contributed by atoms with Crippen LogP contribution in [-0.4, -0.2) is 24.5 Å². The van der Waals surface area contributed by atoms with Crippen LogP contribution in [0.2, 0.25) is 0 Å². The van der Waals surface area contributed by atoms with Gasteiger partial charge in [-0.1, -0.05) is 0 Å². The van der Waals surface area contributed by atoms with Crippen LogP contribution in [0.25, 0.3) is 0 Å². The Bertz CT molecular complexity index is 833. The Labute approximate surface area is 133 Å². The number of rotatable bonds is 4. The number of aryl methyl sites for hydroxylation is 2. The molecule has 2 aromatic rings. The minimum Gasteiger partial charge on any atom is -0.335 e. The van der Waals surface area contributed by atoms with Crippen molar-refractivity contribution in [3.8, 4) is 0 Å². The van der Waals surface area contributed by atoms with E-state index in [0.29, 0.717) is 12.5 Å². The Morgan fingerprint density at radius 1 is 1.35 bits per heavy atom. The predicted octanol–water partition coefficient (Wildman–Crippen LogP) is 2.01. The van der Waals surface area contributed by atoms with Crippen LogP contribution in [0.15, 0.2) is 29.4 Å². The van der Waals surface area contributed by atoms with Gasteiger partial charge in [0.2, 0.25) is 10.0 Å². The molecule has 8 heteroatoms. The molecule has 0 fully saturated rings. The van der Waals surface area contributed by atoms with Crippen molar-refractivity contribution in [3.05, 3.63) is 47.5 Å². The summed E-state index contributed by atoms with van der Waals surface area (Å²) in [5.74, 6) is -0.825. The number of fused-ring (bicyclic) bond motifs is 1. The van der Waals surface area contributed by atoms with Crippen LogP contribution >= 0.6 is 0 Å². The van der Waals surface area contributed by atoms with E-state index in [-0.39, 0.29) is 18.0 Å². The molecule has 1 unspecified atom stereocenters. The van der Waals surface area contributed by atoms with Gasteiger partial charge in [-0.05, 0) is 30.9 Å². The second-order valence-electron chi connectivity index (χ2n) is 5.78. The van der Waals surface area contributed by atoms with Crippen molar-refractivity contribution >= 4 is 10.0 Å². The van der Waals surface area contributed by atoms with Gasteiger partial charge in [-0.2, -0.15) is 0 Å². The van der Waals surface area contributed by atoms with Gasteiger partial charge < -0.3 is 4.57 Å². The highest BCUT2D eigenvalue weighted by molar-refractivity contribution is 7.89. The molecule has 0 bridgehead atoms. The molecule has 0 radical (unpaired) electrons. The van der Waals surface area contributed by atoms with Crippen molar-refractivity contribution in [2.24, 2.45) is 5.92 Å². The maximum atomic E-state index is 13.8. The van der Waals surface area contributed by atoms with Crippen LogP contribution in [-0.2, 0) is 23.0 Å². The molecule has 1 N–H and O–H groups in total. The van der Waals surface area contributed by atoms with Gasteiger partial charge in [0.25, 0.3) is 0 Å². The van der Waals surface area contributed by atoms with Gasteiger partial charge in [0.15, 0.2) is 0 Å². The lowest BCUT2D eigenvalue weighted by Crippen LogP contribution is -2.33. The highest BCUT2D eigenvalue weighted by atomic mass is 32.2. The third-order valence-corrected chi connectivity index (χ3v) is 5.55. The van der Waals surface area contributed by atoms with Crippen molar-refractivity contribution in [3.63, 3.8) is 0 Å². The number of nitrogens with one attached hydrogen (secondary N) is 1. The van der Waals surface area contributed by atoms with Crippen LogP contribution in [0.3, 0.4) is 0 Å². The average Bonchev–Trinajstić information content (AvgIpc) is 2.96. The lowest BCUT2D eigenvalue weighted by Gasteiger charge is -2.23. The van der Waals surface area contributed by atoms with E-state index in [4.69, 9.17) is 0 Å². The second kappa shape index (κ2) is 6.01. The summed E-state index contributed by atoms with van der Waals surface area (Å²) in [7, 11) is -4.01. The fraction of sp³-hybridized carbons (Fsp3) is 0.400. The van der Waals surface area contributed by atoms with E-state index in [2.05, 4.69) is 9.71 Å². The molecule has 1 aromatic carbocycles. The summed E-state index contributed by atoms with van der Waals surface area (Å²) in [4.78, 5) is 3.71.